The van der Waals surface area contributed by atoms with Crippen molar-refractivity contribution in [3.63, 3.8) is 0 Å². The van der Waals surface area contributed by atoms with Crippen LogP contribution in [-0.4, -0.2) is 26.4 Å². The summed E-state index contributed by atoms with van der Waals surface area (Å²) in [5.74, 6) is 2.25. The standard InChI is InChI=1S/C15H15N3OS2/c1-9-10(2)21-13(8-20-9)14-17-15(19-18-14)12-5-3-4-11(6-12)7-16/h3-6,9-10,13H,8H2,1-2H3. The van der Waals surface area contributed by atoms with E-state index in [1.54, 1.807) is 12.1 Å². The van der Waals surface area contributed by atoms with Crippen molar-refractivity contribution in [1.29, 1.82) is 5.26 Å². The Morgan fingerprint density at radius 3 is 2.95 bits per heavy atom. The summed E-state index contributed by atoms with van der Waals surface area (Å²) in [6.07, 6.45) is 0. The van der Waals surface area contributed by atoms with E-state index in [0.29, 0.717) is 22.0 Å². The van der Waals surface area contributed by atoms with Crippen molar-refractivity contribution >= 4 is 23.5 Å². The molecule has 1 aromatic heterocycles. The molecule has 1 fully saturated rings. The Morgan fingerprint density at radius 1 is 1.33 bits per heavy atom. The van der Waals surface area contributed by atoms with Crippen molar-refractivity contribution in [1.82, 2.24) is 10.1 Å². The van der Waals surface area contributed by atoms with Crippen LogP contribution >= 0.6 is 23.5 Å². The minimum Gasteiger partial charge on any atom is -0.334 e. The highest BCUT2D eigenvalue weighted by Crippen LogP contribution is 2.43. The molecule has 3 atom stereocenters. The van der Waals surface area contributed by atoms with Crippen LogP contribution in [-0.2, 0) is 0 Å². The average molecular weight is 317 g/mol. The molecule has 108 valence electrons. The van der Waals surface area contributed by atoms with Crippen molar-refractivity contribution in [3.8, 4) is 17.5 Å². The van der Waals surface area contributed by atoms with E-state index in [1.165, 1.54) is 0 Å². The van der Waals surface area contributed by atoms with Crippen LogP contribution in [0, 0.1) is 11.3 Å². The molecule has 2 aromatic rings. The monoisotopic (exact) mass is 317 g/mol. The molecular weight excluding hydrogens is 302 g/mol. The highest BCUT2D eigenvalue weighted by atomic mass is 32.2. The Balaban J connectivity index is 1.82. The van der Waals surface area contributed by atoms with E-state index in [4.69, 9.17) is 9.78 Å². The lowest BCUT2D eigenvalue weighted by Gasteiger charge is -2.29. The first-order valence-corrected chi connectivity index (χ1v) is 8.77. The fraction of sp³-hybridized carbons (Fsp3) is 0.400. The Labute approximate surface area is 132 Å². The SMILES string of the molecule is CC1SCC(c2noc(-c3cccc(C#N)c3)n2)SC1C. The van der Waals surface area contributed by atoms with Gasteiger partial charge in [0.15, 0.2) is 5.82 Å². The molecule has 0 N–H and O–H groups in total. The normalized spacial score (nSPS) is 25.5. The molecule has 1 aliphatic rings. The van der Waals surface area contributed by atoms with Crippen molar-refractivity contribution < 1.29 is 4.52 Å². The van der Waals surface area contributed by atoms with Gasteiger partial charge >= 0.3 is 0 Å². The second-order valence-electron chi connectivity index (χ2n) is 5.02. The third kappa shape index (κ3) is 3.09. The van der Waals surface area contributed by atoms with Crippen molar-refractivity contribution in [2.45, 2.75) is 29.6 Å². The lowest BCUT2D eigenvalue weighted by Crippen LogP contribution is -2.22. The molecule has 3 rings (SSSR count). The van der Waals surface area contributed by atoms with Gasteiger partial charge in [0.05, 0.1) is 16.9 Å². The number of aromatic nitrogens is 2. The van der Waals surface area contributed by atoms with E-state index in [9.17, 15) is 0 Å². The van der Waals surface area contributed by atoms with Crippen LogP contribution in [0.5, 0.6) is 0 Å². The fourth-order valence-corrected chi connectivity index (χ4v) is 4.96. The molecule has 21 heavy (non-hydrogen) atoms. The first-order valence-electron chi connectivity index (χ1n) is 6.78. The molecule has 0 radical (unpaired) electrons. The summed E-state index contributed by atoms with van der Waals surface area (Å²) < 4.78 is 5.37. The molecule has 0 saturated carbocycles. The van der Waals surface area contributed by atoms with Crippen LogP contribution in [0.2, 0.25) is 0 Å². The van der Waals surface area contributed by atoms with Gasteiger partial charge in [-0.15, -0.1) is 11.8 Å². The maximum atomic E-state index is 8.95. The fourth-order valence-electron chi connectivity index (χ4n) is 2.12. The van der Waals surface area contributed by atoms with Crippen LogP contribution in [0.15, 0.2) is 28.8 Å². The molecule has 3 unspecified atom stereocenters. The first-order chi connectivity index (χ1) is 10.2. The van der Waals surface area contributed by atoms with Crippen LogP contribution in [0.4, 0.5) is 0 Å². The van der Waals surface area contributed by atoms with Crippen molar-refractivity contribution in [2.24, 2.45) is 0 Å². The molecular formula is C15H15N3OS2. The number of rotatable bonds is 2. The summed E-state index contributed by atoms with van der Waals surface area (Å²) in [5, 5.41) is 14.6. The Hall–Kier alpha value is -1.45. The summed E-state index contributed by atoms with van der Waals surface area (Å²) in [6, 6.07) is 9.36. The van der Waals surface area contributed by atoms with Gasteiger partial charge in [-0.3, -0.25) is 0 Å². The van der Waals surface area contributed by atoms with E-state index in [-0.39, 0.29) is 5.25 Å². The lowest BCUT2D eigenvalue weighted by molar-refractivity contribution is 0.423. The van der Waals surface area contributed by atoms with E-state index < -0.39 is 0 Å². The van der Waals surface area contributed by atoms with Gasteiger partial charge in [0.25, 0.3) is 5.89 Å². The van der Waals surface area contributed by atoms with E-state index in [0.717, 1.165) is 17.1 Å². The Morgan fingerprint density at radius 2 is 2.19 bits per heavy atom. The molecule has 1 aliphatic heterocycles. The third-order valence-electron chi connectivity index (χ3n) is 3.52. The predicted molar refractivity (Wildman–Crippen MR) is 86.2 cm³/mol. The van der Waals surface area contributed by atoms with Gasteiger partial charge in [0.1, 0.15) is 0 Å². The molecule has 6 heteroatoms. The third-order valence-corrected chi connectivity index (χ3v) is 6.91. The summed E-state index contributed by atoms with van der Waals surface area (Å²) in [5.41, 5.74) is 1.39. The summed E-state index contributed by atoms with van der Waals surface area (Å²) in [7, 11) is 0. The average Bonchev–Trinajstić information content (AvgIpc) is 3.00. The van der Waals surface area contributed by atoms with Gasteiger partial charge in [-0.05, 0) is 18.2 Å². The molecule has 4 nitrogen and oxygen atoms in total. The van der Waals surface area contributed by atoms with E-state index in [1.807, 2.05) is 35.7 Å². The Kier molecular flexibility index (Phi) is 4.22. The number of benzene rings is 1. The van der Waals surface area contributed by atoms with E-state index in [2.05, 4.69) is 30.1 Å². The minimum atomic E-state index is 0.276. The van der Waals surface area contributed by atoms with E-state index >= 15 is 0 Å². The Bertz CT molecular complexity index is 680. The first kappa shape index (κ1) is 14.5. The molecule has 0 bridgehead atoms. The quantitative estimate of drug-likeness (QED) is 0.837. The highest BCUT2D eigenvalue weighted by Gasteiger charge is 2.29. The smallest absolute Gasteiger partial charge is 0.258 e. The van der Waals surface area contributed by atoms with Gasteiger partial charge in [-0.2, -0.15) is 22.0 Å². The second kappa shape index (κ2) is 6.12. The second-order valence-corrected chi connectivity index (χ2v) is 8.01. The summed E-state index contributed by atoms with van der Waals surface area (Å²) in [6.45, 7) is 4.50. The van der Waals surface area contributed by atoms with Gasteiger partial charge < -0.3 is 4.52 Å². The molecule has 1 aromatic carbocycles. The molecule has 0 aliphatic carbocycles. The molecule has 1 saturated heterocycles. The number of hydrogen-bond donors (Lipinski definition) is 0. The van der Waals surface area contributed by atoms with Crippen LogP contribution in [0.3, 0.4) is 0 Å². The van der Waals surface area contributed by atoms with Crippen LogP contribution in [0.1, 0.15) is 30.5 Å². The maximum absolute atomic E-state index is 8.95. The zero-order valence-electron chi connectivity index (χ0n) is 11.8. The summed E-state index contributed by atoms with van der Waals surface area (Å²) >= 11 is 3.86. The molecule has 0 amide bonds. The predicted octanol–water partition coefficient (Wildman–Crippen LogP) is 3.91. The maximum Gasteiger partial charge on any atom is 0.258 e. The van der Waals surface area contributed by atoms with Crippen LogP contribution in [0.25, 0.3) is 11.5 Å². The number of thioether (sulfide) groups is 2. The van der Waals surface area contributed by atoms with Crippen LogP contribution < -0.4 is 0 Å². The zero-order chi connectivity index (χ0) is 14.8. The van der Waals surface area contributed by atoms with Crippen molar-refractivity contribution in [3.05, 3.63) is 35.7 Å². The minimum absolute atomic E-state index is 0.276. The summed E-state index contributed by atoms with van der Waals surface area (Å²) in [4.78, 5) is 4.52. The molecule has 2 heterocycles. The topological polar surface area (TPSA) is 62.7 Å². The molecule has 0 spiro atoms. The highest BCUT2D eigenvalue weighted by molar-refractivity contribution is 8.07. The zero-order valence-corrected chi connectivity index (χ0v) is 13.4. The largest absolute Gasteiger partial charge is 0.334 e. The number of nitrogens with zero attached hydrogens (tertiary/aromatic N) is 3. The number of nitriles is 1. The van der Waals surface area contributed by atoms with Gasteiger partial charge in [-0.1, -0.05) is 25.1 Å². The van der Waals surface area contributed by atoms with Crippen molar-refractivity contribution in [2.75, 3.05) is 5.75 Å². The van der Waals surface area contributed by atoms with Gasteiger partial charge in [0, 0.05) is 21.8 Å². The van der Waals surface area contributed by atoms with Gasteiger partial charge in [-0.25, -0.2) is 0 Å². The lowest BCUT2D eigenvalue weighted by atomic mass is 10.1. The van der Waals surface area contributed by atoms with Gasteiger partial charge in [0.2, 0.25) is 0 Å². The number of hydrogen-bond acceptors (Lipinski definition) is 6.